The van der Waals surface area contributed by atoms with Crippen LogP contribution in [0.2, 0.25) is 10.0 Å². The topological polar surface area (TPSA) is 96.6 Å². The lowest BCUT2D eigenvalue weighted by Gasteiger charge is -2.22. The van der Waals surface area contributed by atoms with Crippen LogP contribution < -0.4 is 0 Å². The van der Waals surface area contributed by atoms with Gasteiger partial charge in [-0.1, -0.05) is 56.1 Å². The summed E-state index contributed by atoms with van der Waals surface area (Å²) in [5, 5.41) is 8.73. The Morgan fingerprint density at radius 2 is 1.71 bits per heavy atom. The molecule has 0 unspecified atom stereocenters. The fourth-order valence-electron chi connectivity index (χ4n) is 3.46. The lowest BCUT2D eigenvalue weighted by molar-refractivity contribution is 0.0728. The van der Waals surface area contributed by atoms with Crippen LogP contribution in [-0.2, 0) is 16.6 Å². The molecule has 0 spiro atoms. The van der Waals surface area contributed by atoms with Gasteiger partial charge in [0.15, 0.2) is 0 Å². The summed E-state index contributed by atoms with van der Waals surface area (Å²) in [6.07, 6.45) is 0.659. The molecule has 0 N–H and O–H groups in total. The van der Waals surface area contributed by atoms with E-state index in [1.54, 1.807) is 38.1 Å². The molecule has 2 aromatic carbocycles. The lowest BCUT2D eigenvalue weighted by atomic mass is 10.2. The SMILES string of the molecule is CCCN(Cc1nnc(-c2ccccc2Cl)o1)C(=O)c1cc(S(=O)(=O)N(CC)CC)ccc1Cl. The quantitative estimate of drug-likeness (QED) is 0.364. The van der Waals surface area contributed by atoms with Crippen LogP contribution in [0, 0.1) is 0 Å². The van der Waals surface area contributed by atoms with Gasteiger partial charge < -0.3 is 9.32 Å². The van der Waals surface area contributed by atoms with Crippen LogP contribution in [0.5, 0.6) is 0 Å². The minimum Gasteiger partial charge on any atom is -0.419 e. The van der Waals surface area contributed by atoms with Crippen molar-refractivity contribution in [2.24, 2.45) is 0 Å². The molecular formula is C23H26Cl2N4O4S. The molecule has 0 bridgehead atoms. The second-order valence-electron chi connectivity index (χ2n) is 7.44. The number of aromatic nitrogens is 2. The molecule has 3 aromatic rings. The van der Waals surface area contributed by atoms with Gasteiger partial charge in [0.1, 0.15) is 0 Å². The van der Waals surface area contributed by atoms with Crippen molar-refractivity contribution < 1.29 is 17.6 Å². The van der Waals surface area contributed by atoms with Crippen molar-refractivity contribution >= 4 is 39.1 Å². The second kappa shape index (κ2) is 11.3. The predicted molar refractivity (Wildman–Crippen MR) is 131 cm³/mol. The average molecular weight is 525 g/mol. The molecule has 0 saturated carbocycles. The summed E-state index contributed by atoms with van der Waals surface area (Å²) in [6.45, 7) is 6.49. The molecule has 0 radical (unpaired) electrons. The minimum atomic E-state index is -3.75. The van der Waals surface area contributed by atoms with Crippen molar-refractivity contribution in [1.29, 1.82) is 0 Å². The first-order valence-electron chi connectivity index (χ1n) is 10.9. The van der Waals surface area contributed by atoms with Crippen molar-refractivity contribution in [3.05, 3.63) is 64.0 Å². The van der Waals surface area contributed by atoms with Crippen LogP contribution >= 0.6 is 23.2 Å². The van der Waals surface area contributed by atoms with Gasteiger partial charge >= 0.3 is 0 Å². The molecule has 182 valence electrons. The summed E-state index contributed by atoms with van der Waals surface area (Å²) in [6, 6.07) is 11.2. The molecule has 3 rings (SSSR count). The van der Waals surface area contributed by atoms with Crippen LogP contribution in [0.3, 0.4) is 0 Å². The highest BCUT2D eigenvalue weighted by molar-refractivity contribution is 7.89. The number of rotatable bonds is 10. The van der Waals surface area contributed by atoms with Crippen LogP contribution in [0.15, 0.2) is 51.8 Å². The molecule has 34 heavy (non-hydrogen) atoms. The zero-order valence-electron chi connectivity index (χ0n) is 19.2. The largest absolute Gasteiger partial charge is 0.419 e. The van der Waals surface area contributed by atoms with E-state index in [0.717, 1.165) is 0 Å². The molecule has 1 heterocycles. The third-order valence-corrected chi connectivity index (χ3v) is 7.89. The smallest absolute Gasteiger partial charge is 0.255 e. The second-order valence-corrected chi connectivity index (χ2v) is 10.2. The molecule has 11 heteroatoms. The summed E-state index contributed by atoms with van der Waals surface area (Å²) in [4.78, 5) is 14.9. The van der Waals surface area contributed by atoms with Gasteiger partial charge in [-0.15, -0.1) is 10.2 Å². The Morgan fingerprint density at radius 3 is 2.35 bits per heavy atom. The Bertz CT molecular complexity index is 1260. The van der Waals surface area contributed by atoms with Gasteiger partial charge in [0.25, 0.3) is 5.91 Å². The Kier molecular flexibility index (Phi) is 8.70. The molecule has 0 aliphatic rings. The fourth-order valence-corrected chi connectivity index (χ4v) is 5.36. The monoisotopic (exact) mass is 524 g/mol. The number of halogens is 2. The number of nitrogens with zero attached hydrogens (tertiary/aromatic N) is 4. The first-order chi connectivity index (χ1) is 16.2. The van der Waals surface area contributed by atoms with E-state index in [1.165, 1.54) is 27.4 Å². The van der Waals surface area contributed by atoms with E-state index < -0.39 is 15.9 Å². The van der Waals surface area contributed by atoms with Crippen LogP contribution in [0.25, 0.3) is 11.5 Å². The molecule has 0 saturated heterocycles. The van der Waals surface area contributed by atoms with Crippen LogP contribution in [-0.4, -0.2) is 53.4 Å². The van der Waals surface area contributed by atoms with E-state index in [9.17, 15) is 13.2 Å². The fraction of sp³-hybridized carbons (Fsp3) is 0.348. The molecule has 8 nitrogen and oxygen atoms in total. The van der Waals surface area contributed by atoms with E-state index >= 15 is 0 Å². The normalized spacial score (nSPS) is 11.7. The molecule has 1 aromatic heterocycles. The highest BCUT2D eigenvalue weighted by Gasteiger charge is 2.26. The van der Waals surface area contributed by atoms with Crippen molar-refractivity contribution in [3.63, 3.8) is 0 Å². The maximum Gasteiger partial charge on any atom is 0.255 e. The van der Waals surface area contributed by atoms with E-state index in [1.807, 2.05) is 6.92 Å². The van der Waals surface area contributed by atoms with Crippen LogP contribution in [0.1, 0.15) is 43.4 Å². The third kappa shape index (κ3) is 5.60. The molecular weight excluding hydrogens is 499 g/mol. The van der Waals surface area contributed by atoms with Gasteiger partial charge in [0, 0.05) is 19.6 Å². The zero-order valence-corrected chi connectivity index (χ0v) is 21.5. The molecule has 0 aliphatic heterocycles. The number of hydrogen-bond acceptors (Lipinski definition) is 6. The van der Waals surface area contributed by atoms with Crippen molar-refractivity contribution in [1.82, 2.24) is 19.4 Å². The Hall–Kier alpha value is -2.46. The van der Waals surface area contributed by atoms with Gasteiger partial charge in [-0.2, -0.15) is 4.31 Å². The molecule has 0 atom stereocenters. The number of benzene rings is 2. The van der Waals surface area contributed by atoms with Crippen LogP contribution in [0.4, 0.5) is 0 Å². The van der Waals surface area contributed by atoms with Gasteiger partial charge in [-0.05, 0) is 36.8 Å². The number of carbonyl (C=O) groups is 1. The van der Waals surface area contributed by atoms with Gasteiger partial charge in [0.05, 0.1) is 32.6 Å². The lowest BCUT2D eigenvalue weighted by Crippen LogP contribution is -2.33. The molecule has 0 fully saturated rings. The maximum absolute atomic E-state index is 13.4. The summed E-state index contributed by atoms with van der Waals surface area (Å²) in [7, 11) is -3.75. The number of amides is 1. The number of sulfonamides is 1. The van der Waals surface area contributed by atoms with Crippen molar-refractivity contribution in [2.45, 2.75) is 38.6 Å². The number of hydrogen-bond donors (Lipinski definition) is 0. The summed E-state index contributed by atoms with van der Waals surface area (Å²) < 4.78 is 33.0. The zero-order chi connectivity index (χ0) is 24.9. The van der Waals surface area contributed by atoms with Gasteiger partial charge in [-0.25, -0.2) is 8.42 Å². The highest BCUT2D eigenvalue weighted by Crippen LogP contribution is 2.28. The van der Waals surface area contributed by atoms with E-state index in [0.29, 0.717) is 36.6 Å². The first kappa shape index (κ1) is 26.2. The van der Waals surface area contributed by atoms with Crippen molar-refractivity contribution in [2.75, 3.05) is 19.6 Å². The minimum absolute atomic E-state index is 0.0131. The van der Waals surface area contributed by atoms with E-state index in [-0.39, 0.29) is 33.8 Å². The van der Waals surface area contributed by atoms with E-state index in [4.69, 9.17) is 27.6 Å². The Morgan fingerprint density at radius 1 is 1.00 bits per heavy atom. The molecule has 0 aliphatic carbocycles. The average Bonchev–Trinajstić information content (AvgIpc) is 3.27. The predicted octanol–water partition coefficient (Wildman–Crippen LogP) is 5.13. The third-order valence-electron chi connectivity index (χ3n) is 5.19. The van der Waals surface area contributed by atoms with Gasteiger partial charge in [-0.3, -0.25) is 4.79 Å². The van der Waals surface area contributed by atoms with Gasteiger partial charge in [0.2, 0.25) is 21.8 Å². The standard InChI is InChI=1S/C23H26Cl2N4O4S/c1-4-13-28(15-21-26-27-22(33-21)17-9-7-8-10-19(17)24)23(30)18-14-16(11-12-20(18)25)34(31,32)29(5-2)6-3/h7-12,14H,4-6,13,15H2,1-3H3. The van der Waals surface area contributed by atoms with E-state index in [2.05, 4.69) is 10.2 Å². The maximum atomic E-state index is 13.4. The highest BCUT2D eigenvalue weighted by atomic mass is 35.5. The number of carbonyl (C=O) groups excluding carboxylic acids is 1. The summed E-state index contributed by atoms with van der Waals surface area (Å²) in [5.74, 6) is 0.0375. The summed E-state index contributed by atoms with van der Waals surface area (Å²) >= 11 is 12.5. The Balaban J connectivity index is 1.90. The first-order valence-corrected chi connectivity index (χ1v) is 13.1. The summed E-state index contributed by atoms with van der Waals surface area (Å²) in [5.41, 5.74) is 0.683. The van der Waals surface area contributed by atoms with Crippen molar-refractivity contribution in [3.8, 4) is 11.5 Å². The Labute approximate surface area is 209 Å². The molecule has 1 amide bonds.